The van der Waals surface area contributed by atoms with Crippen LogP contribution in [0.1, 0.15) is 37.8 Å². The van der Waals surface area contributed by atoms with E-state index in [0.717, 1.165) is 43.9 Å². The molecular weight excluding hydrogens is 246 g/mol. The first-order chi connectivity index (χ1) is 9.14. The highest BCUT2D eigenvalue weighted by atomic mass is 16.5. The van der Waals surface area contributed by atoms with Crippen molar-refractivity contribution >= 4 is 5.97 Å². The first-order valence-corrected chi connectivity index (χ1v) is 6.78. The Balaban J connectivity index is 1.90. The minimum Gasteiger partial charge on any atom is -0.469 e. The van der Waals surface area contributed by atoms with E-state index in [1.807, 2.05) is 0 Å². The van der Waals surface area contributed by atoms with Crippen molar-refractivity contribution in [2.24, 2.45) is 5.92 Å². The molecule has 104 valence electrons. The lowest BCUT2D eigenvalue weighted by molar-refractivity contribution is -0.146. The Morgan fingerprint density at radius 2 is 2.37 bits per heavy atom. The van der Waals surface area contributed by atoms with Crippen LogP contribution in [0.2, 0.25) is 0 Å². The fourth-order valence-corrected chi connectivity index (χ4v) is 3.03. The topological polar surface area (TPSA) is 66.2 Å². The van der Waals surface area contributed by atoms with Crippen molar-refractivity contribution in [2.45, 2.75) is 44.8 Å². The van der Waals surface area contributed by atoms with E-state index in [-0.39, 0.29) is 17.5 Å². The average molecular weight is 265 g/mol. The number of fused-ring (bicyclic) bond motifs is 1. The van der Waals surface area contributed by atoms with Crippen LogP contribution in [0.25, 0.3) is 0 Å². The number of carbonyl (C=O) groups excluding carboxylic acids is 1. The molecule has 3 heterocycles. The van der Waals surface area contributed by atoms with Gasteiger partial charge in [-0.25, -0.2) is 0 Å². The molecule has 3 rings (SSSR count). The van der Waals surface area contributed by atoms with Crippen LogP contribution >= 0.6 is 0 Å². The summed E-state index contributed by atoms with van der Waals surface area (Å²) in [5.74, 6) is 1.56. The molecule has 0 bridgehead atoms. The molecule has 0 amide bonds. The largest absolute Gasteiger partial charge is 0.469 e. The van der Waals surface area contributed by atoms with Crippen LogP contribution in [0.4, 0.5) is 0 Å². The van der Waals surface area contributed by atoms with Gasteiger partial charge in [0.25, 0.3) is 0 Å². The fourth-order valence-electron chi connectivity index (χ4n) is 3.03. The highest BCUT2D eigenvalue weighted by Crippen LogP contribution is 2.36. The third-order valence-electron chi connectivity index (χ3n) is 4.17. The molecule has 0 spiro atoms. The van der Waals surface area contributed by atoms with Crippen molar-refractivity contribution < 1.29 is 14.3 Å². The molecule has 6 heteroatoms. The molecule has 1 fully saturated rings. The molecule has 1 saturated heterocycles. The van der Waals surface area contributed by atoms with Gasteiger partial charge in [-0.2, -0.15) is 0 Å². The van der Waals surface area contributed by atoms with Crippen molar-refractivity contribution in [1.29, 1.82) is 0 Å². The van der Waals surface area contributed by atoms with Crippen LogP contribution in [0.5, 0.6) is 0 Å². The van der Waals surface area contributed by atoms with Crippen LogP contribution in [-0.2, 0) is 32.8 Å². The van der Waals surface area contributed by atoms with Crippen molar-refractivity contribution in [2.75, 3.05) is 13.7 Å². The minimum atomic E-state index is -0.358. The second-order valence-electron chi connectivity index (χ2n) is 5.49. The molecule has 0 aliphatic carbocycles. The van der Waals surface area contributed by atoms with E-state index in [9.17, 15) is 4.79 Å². The van der Waals surface area contributed by atoms with Gasteiger partial charge in [0.2, 0.25) is 0 Å². The maximum Gasteiger partial charge on any atom is 0.310 e. The van der Waals surface area contributed by atoms with Gasteiger partial charge in [0, 0.05) is 19.6 Å². The predicted molar refractivity (Wildman–Crippen MR) is 66.4 cm³/mol. The minimum absolute atomic E-state index is 0.0998. The normalized spacial score (nSPS) is 30.1. The highest BCUT2D eigenvalue weighted by Gasteiger charge is 2.39. The summed E-state index contributed by atoms with van der Waals surface area (Å²) >= 11 is 0. The van der Waals surface area contributed by atoms with E-state index in [1.165, 1.54) is 7.11 Å². The maximum absolute atomic E-state index is 11.7. The predicted octanol–water partition coefficient (Wildman–Crippen LogP) is 1.04. The second-order valence-corrected chi connectivity index (χ2v) is 5.49. The third kappa shape index (κ3) is 2.04. The zero-order valence-electron chi connectivity index (χ0n) is 11.4. The lowest BCUT2D eigenvalue weighted by Gasteiger charge is -2.27. The van der Waals surface area contributed by atoms with Gasteiger partial charge >= 0.3 is 5.97 Å². The van der Waals surface area contributed by atoms with Crippen LogP contribution < -0.4 is 0 Å². The second kappa shape index (κ2) is 4.59. The summed E-state index contributed by atoms with van der Waals surface area (Å²) in [6, 6.07) is 0. The Morgan fingerprint density at radius 3 is 3.05 bits per heavy atom. The number of rotatable bonds is 2. The van der Waals surface area contributed by atoms with Crippen LogP contribution in [0.15, 0.2) is 0 Å². The van der Waals surface area contributed by atoms with E-state index in [0.29, 0.717) is 6.54 Å². The Labute approximate surface area is 112 Å². The SMILES string of the molecule is COC(=O)C1CCc2nnc(C3(C)CCCO3)n2C1. The third-order valence-corrected chi connectivity index (χ3v) is 4.17. The molecule has 2 unspecified atom stereocenters. The molecule has 19 heavy (non-hydrogen) atoms. The number of aromatic nitrogens is 3. The Kier molecular flexibility index (Phi) is 3.05. The van der Waals surface area contributed by atoms with Gasteiger partial charge < -0.3 is 14.0 Å². The Morgan fingerprint density at radius 1 is 1.53 bits per heavy atom. The lowest BCUT2D eigenvalue weighted by atomic mass is 9.97. The van der Waals surface area contributed by atoms with Gasteiger partial charge in [-0.05, 0) is 26.2 Å². The Bertz CT molecular complexity index is 491. The summed E-state index contributed by atoms with van der Waals surface area (Å²) in [6.07, 6.45) is 3.54. The van der Waals surface area contributed by atoms with Crippen molar-refractivity contribution in [3.05, 3.63) is 11.6 Å². The lowest BCUT2D eigenvalue weighted by Crippen LogP contribution is -2.32. The monoisotopic (exact) mass is 265 g/mol. The van der Waals surface area contributed by atoms with E-state index in [2.05, 4.69) is 21.7 Å². The summed E-state index contributed by atoms with van der Waals surface area (Å²) < 4.78 is 12.7. The average Bonchev–Trinajstić information content (AvgIpc) is 3.04. The van der Waals surface area contributed by atoms with Gasteiger partial charge in [0.1, 0.15) is 11.4 Å². The number of esters is 1. The number of aryl methyl sites for hydroxylation is 1. The molecule has 0 radical (unpaired) electrons. The molecule has 0 saturated carbocycles. The summed E-state index contributed by atoms with van der Waals surface area (Å²) in [5.41, 5.74) is -0.358. The number of carbonyl (C=O) groups is 1. The molecule has 2 atom stereocenters. The molecule has 1 aromatic rings. The van der Waals surface area contributed by atoms with Gasteiger partial charge in [-0.15, -0.1) is 10.2 Å². The number of methoxy groups -OCH3 is 1. The van der Waals surface area contributed by atoms with E-state index in [1.54, 1.807) is 0 Å². The molecule has 0 N–H and O–H groups in total. The van der Waals surface area contributed by atoms with Crippen LogP contribution in [0.3, 0.4) is 0 Å². The van der Waals surface area contributed by atoms with Gasteiger partial charge in [-0.1, -0.05) is 0 Å². The zero-order chi connectivity index (χ0) is 13.5. The quantitative estimate of drug-likeness (QED) is 0.747. The number of hydrogen-bond donors (Lipinski definition) is 0. The number of ether oxygens (including phenoxy) is 2. The van der Waals surface area contributed by atoms with E-state index >= 15 is 0 Å². The summed E-state index contributed by atoms with van der Waals surface area (Å²) in [6.45, 7) is 3.42. The number of nitrogens with zero attached hydrogens (tertiary/aromatic N) is 3. The first kappa shape index (κ1) is 12.6. The molecule has 1 aromatic heterocycles. The van der Waals surface area contributed by atoms with Gasteiger partial charge in [0.05, 0.1) is 13.0 Å². The molecule has 2 aliphatic rings. The summed E-state index contributed by atoms with van der Waals surface area (Å²) in [4.78, 5) is 11.7. The fraction of sp³-hybridized carbons (Fsp3) is 0.769. The van der Waals surface area contributed by atoms with Gasteiger partial charge in [0.15, 0.2) is 5.82 Å². The van der Waals surface area contributed by atoms with Crippen molar-refractivity contribution in [3.63, 3.8) is 0 Å². The standard InChI is InChI=1S/C13H19N3O3/c1-13(6-3-7-19-13)12-15-14-10-5-4-9(8-16(10)12)11(17)18-2/h9H,3-8H2,1-2H3. The van der Waals surface area contributed by atoms with Crippen LogP contribution in [0, 0.1) is 5.92 Å². The summed E-state index contributed by atoms with van der Waals surface area (Å²) in [5, 5.41) is 8.55. The summed E-state index contributed by atoms with van der Waals surface area (Å²) in [7, 11) is 1.44. The Hall–Kier alpha value is -1.43. The highest BCUT2D eigenvalue weighted by molar-refractivity contribution is 5.72. The van der Waals surface area contributed by atoms with E-state index < -0.39 is 0 Å². The molecule has 0 aromatic carbocycles. The van der Waals surface area contributed by atoms with Crippen molar-refractivity contribution in [1.82, 2.24) is 14.8 Å². The zero-order valence-corrected chi connectivity index (χ0v) is 11.4. The van der Waals surface area contributed by atoms with Crippen molar-refractivity contribution in [3.8, 4) is 0 Å². The number of hydrogen-bond acceptors (Lipinski definition) is 5. The molecule has 2 aliphatic heterocycles. The van der Waals surface area contributed by atoms with Gasteiger partial charge in [-0.3, -0.25) is 4.79 Å². The van der Waals surface area contributed by atoms with E-state index in [4.69, 9.17) is 9.47 Å². The van der Waals surface area contributed by atoms with Crippen LogP contribution in [-0.4, -0.2) is 34.5 Å². The first-order valence-electron chi connectivity index (χ1n) is 6.78. The smallest absolute Gasteiger partial charge is 0.310 e. The maximum atomic E-state index is 11.7. The molecule has 6 nitrogen and oxygen atoms in total. The molecular formula is C13H19N3O3.